The van der Waals surface area contributed by atoms with E-state index in [4.69, 9.17) is 0 Å². The van der Waals surface area contributed by atoms with E-state index in [0.29, 0.717) is 18.1 Å². The van der Waals surface area contributed by atoms with Crippen LogP contribution in [0.25, 0.3) is 0 Å². The number of carbonyl (C=O) groups is 1. The van der Waals surface area contributed by atoms with Crippen LogP contribution in [0.1, 0.15) is 52.9 Å². The average molecular weight is 325 g/mol. The maximum atomic E-state index is 12.4. The largest absolute Gasteiger partial charge is 0.337 e. The van der Waals surface area contributed by atoms with Crippen molar-refractivity contribution in [1.29, 1.82) is 0 Å². The molecule has 0 aliphatic carbocycles. The molecule has 0 bridgehead atoms. The van der Waals surface area contributed by atoms with Gasteiger partial charge in [0.05, 0.1) is 0 Å². The molecule has 5 nitrogen and oxygen atoms in total. The van der Waals surface area contributed by atoms with E-state index in [1.807, 2.05) is 11.9 Å². The summed E-state index contributed by atoms with van der Waals surface area (Å²) in [5.74, 6) is 0. The minimum atomic E-state index is 0.0943. The summed E-state index contributed by atoms with van der Waals surface area (Å²) in [5, 5.41) is 3.12. The summed E-state index contributed by atoms with van der Waals surface area (Å²) in [5.41, 5.74) is 0. The van der Waals surface area contributed by atoms with E-state index >= 15 is 0 Å². The van der Waals surface area contributed by atoms with E-state index in [1.54, 1.807) is 0 Å². The Morgan fingerprint density at radius 2 is 1.91 bits per heavy atom. The molecule has 2 aliphatic heterocycles. The van der Waals surface area contributed by atoms with Crippen molar-refractivity contribution in [3.05, 3.63) is 0 Å². The fraction of sp³-hybridized carbons (Fsp3) is 0.944. The Hall–Kier alpha value is -0.810. The zero-order valence-corrected chi connectivity index (χ0v) is 15.6. The predicted octanol–water partition coefficient (Wildman–Crippen LogP) is 2.38. The molecule has 0 aromatic rings. The van der Waals surface area contributed by atoms with Crippen LogP contribution in [0.4, 0.5) is 4.79 Å². The first-order valence-electron chi connectivity index (χ1n) is 9.51. The van der Waals surface area contributed by atoms with Crippen LogP contribution in [0.5, 0.6) is 0 Å². The Kier molecular flexibility index (Phi) is 7.15. The molecule has 5 heteroatoms. The standard InChI is InChI=1S/C18H36N4O/c1-5-21-12-9-17(14-16(21)3)20(4)18(23)19-10-13-22-11-7-6-8-15(22)2/h15-17H,5-14H2,1-4H3,(H,19,23)/t15-,16-,17+/m1/s1. The van der Waals surface area contributed by atoms with Crippen molar-refractivity contribution >= 4 is 6.03 Å². The van der Waals surface area contributed by atoms with Gasteiger partial charge in [-0.05, 0) is 52.6 Å². The summed E-state index contributed by atoms with van der Waals surface area (Å²) in [6, 6.07) is 1.71. The van der Waals surface area contributed by atoms with Gasteiger partial charge in [-0.1, -0.05) is 13.3 Å². The van der Waals surface area contributed by atoms with Crippen molar-refractivity contribution in [1.82, 2.24) is 20.0 Å². The highest BCUT2D eigenvalue weighted by atomic mass is 16.2. The number of amides is 2. The first kappa shape index (κ1) is 18.5. The van der Waals surface area contributed by atoms with Gasteiger partial charge in [-0.3, -0.25) is 4.90 Å². The van der Waals surface area contributed by atoms with Crippen molar-refractivity contribution in [2.45, 2.75) is 71.0 Å². The van der Waals surface area contributed by atoms with Crippen LogP contribution in [0.2, 0.25) is 0 Å². The van der Waals surface area contributed by atoms with Gasteiger partial charge in [0, 0.05) is 44.8 Å². The van der Waals surface area contributed by atoms with Crippen molar-refractivity contribution in [3.63, 3.8) is 0 Å². The Labute approximate surface area is 142 Å². The van der Waals surface area contributed by atoms with Crippen molar-refractivity contribution in [2.75, 3.05) is 39.8 Å². The van der Waals surface area contributed by atoms with Crippen LogP contribution in [0, 0.1) is 0 Å². The van der Waals surface area contributed by atoms with Gasteiger partial charge in [0.15, 0.2) is 0 Å². The van der Waals surface area contributed by atoms with E-state index in [-0.39, 0.29) is 6.03 Å². The summed E-state index contributed by atoms with van der Waals surface area (Å²) in [4.78, 5) is 19.3. The molecule has 0 radical (unpaired) electrons. The van der Waals surface area contributed by atoms with Gasteiger partial charge >= 0.3 is 6.03 Å². The predicted molar refractivity (Wildman–Crippen MR) is 95.8 cm³/mol. The molecule has 2 rings (SSSR count). The second kappa shape index (κ2) is 8.88. The molecule has 2 heterocycles. The van der Waals surface area contributed by atoms with Crippen LogP contribution in [-0.2, 0) is 0 Å². The molecule has 134 valence electrons. The highest BCUT2D eigenvalue weighted by Gasteiger charge is 2.29. The number of likely N-dealkylation sites (tertiary alicyclic amines) is 2. The molecule has 2 saturated heterocycles. The molecule has 2 fully saturated rings. The van der Waals surface area contributed by atoms with Crippen molar-refractivity contribution in [2.24, 2.45) is 0 Å². The highest BCUT2D eigenvalue weighted by molar-refractivity contribution is 5.74. The van der Waals surface area contributed by atoms with Gasteiger partial charge in [0.1, 0.15) is 0 Å². The molecule has 0 saturated carbocycles. The fourth-order valence-electron chi connectivity index (χ4n) is 4.10. The molecule has 23 heavy (non-hydrogen) atoms. The molecule has 0 aromatic carbocycles. The van der Waals surface area contributed by atoms with Crippen LogP contribution in [0.3, 0.4) is 0 Å². The summed E-state index contributed by atoms with van der Waals surface area (Å²) in [7, 11) is 1.96. The minimum absolute atomic E-state index is 0.0943. The maximum absolute atomic E-state index is 12.4. The summed E-state index contributed by atoms with van der Waals surface area (Å²) >= 11 is 0. The summed E-state index contributed by atoms with van der Waals surface area (Å²) in [6.07, 6.45) is 6.11. The molecular formula is C18H36N4O. The number of carbonyl (C=O) groups excluding carboxylic acids is 1. The van der Waals surface area contributed by atoms with E-state index in [2.05, 4.69) is 35.9 Å². The van der Waals surface area contributed by atoms with Gasteiger partial charge in [0.2, 0.25) is 0 Å². The molecule has 0 unspecified atom stereocenters. The van der Waals surface area contributed by atoms with E-state index in [1.165, 1.54) is 25.8 Å². The van der Waals surface area contributed by atoms with Crippen LogP contribution in [0.15, 0.2) is 0 Å². The smallest absolute Gasteiger partial charge is 0.317 e. The topological polar surface area (TPSA) is 38.8 Å². The lowest BCUT2D eigenvalue weighted by atomic mass is 9.97. The van der Waals surface area contributed by atoms with Gasteiger partial charge in [0.25, 0.3) is 0 Å². The third kappa shape index (κ3) is 5.08. The number of nitrogens with one attached hydrogen (secondary N) is 1. The Morgan fingerprint density at radius 3 is 2.57 bits per heavy atom. The maximum Gasteiger partial charge on any atom is 0.317 e. The van der Waals surface area contributed by atoms with Crippen LogP contribution in [-0.4, -0.2) is 78.6 Å². The molecule has 2 aliphatic rings. The number of rotatable bonds is 5. The fourth-order valence-corrected chi connectivity index (χ4v) is 4.10. The first-order valence-corrected chi connectivity index (χ1v) is 9.51. The van der Waals surface area contributed by atoms with Gasteiger partial charge < -0.3 is 15.1 Å². The van der Waals surface area contributed by atoms with Gasteiger partial charge in [-0.25, -0.2) is 4.79 Å². The highest BCUT2D eigenvalue weighted by Crippen LogP contribution is 2.20. The second-order valence-electron chi connectivity index (χ2n) is 7.38. The number of hydrogen-bond acceptors (Lipinski definition) is 3. The Bertz CT molecular complexity index is 376. The van der Waals surface area contributed by atoms with Crippen LogP contribution >= 0.6 is 0 Å². The first-order chi connectivity index (χ1) is 11.0. The average Bonchev–Trinajstić information content (AvgIpc) is 2.55. The quantitative estimate of drug-likeness (QED) is 0.844. The number of hydrogen-bond donors (Lipinski definition) is 1. The molecule has 2 amide bonds. The third-order valence-electron chi connectivity index (χ3n) is 5.88. The lowest BCUT2D eigenvalue weighted by Crippen LogP contribution is -2.52. The second-order valence-corrected chi connectivity index (χ2v) is 7.38. The summed E-state index contributed by atoms with van der Waals surface area (Å²) in [6.45, 7) is 11.9. The van der Waals surface area contributed by atoms with Gasteiger partial charge in [-0.2, -0.15) is 0 Å². The lowest BCUT2D eigenvalue weighted by molar-refractivity contribution is 0.0995. The Balaban J connectivity index is 1.70. The molecule has 0 spiro atoms. The monoisotopic (exact) mass is 324 g/mol. The lowest BCUT2D eigenvalue weighted by Gasteiger charge is -2.40. The summed E-state index contributed by atoms with van der Waals surface area (Å²) < 4.78 is 0. The normalized spacial score (nSPS) is 30.2. The van der Waals surface area contributed by atoms with Crippen molar-refractivity contribution in [3.8, 4) is 0 Å². The van der Waals surface area contributed by atoms with E-state index in [0.717, 1.165) is 39.0 Å². The Morgan fingerprint density at radius 1 is 1.13 bits per heavy atom. The van der Waals surface area contributed by atoms with Crippen molar-refractivity contribution < 1.29 is 4.79 Å². The number of piperidine rings is 2. The van der Waals surface area contributed by atoms with E-state index in [9.17, 15) is 4.79 Å². The number of urea groups is 1. The van der Waals surface area contributed by atoms with E-state index < -0.39 is 0 Å². The van der Waals surface area contributed by atoms with Gasteiger partial charge in [-0.15, -0.1) is 0 Å². The zero-order valence-electron chi connectivity index (χ0n) is 15.6. The molecule has 0 aromatic heterocycles. The molecule has 1 N–H and O–H groups in total. The minimum Gasteiger partial charge on any atom is -0.337 e. The third-order valence-corrected chi connectivity index (χ3v) is 5.88. The van der Waals surface area contributed by atoms with Crippen LogP contribution < -0.4 is 5.32 Å². The SMILES string of the molecule is CCN1CC[C@H](N(C)C(=O)NCCN2CCCC[C@H]2C)C[C@H]1C. The zero-order chi connectivity index (χ0) is 16.8. The molecular weight excluding hydrogens is 288 g/mol. The number of nitrogens with zero attached hydrogens (tertiary/aromatic N) is 3. The molecule has 3 atom stereocenters.